The fourth-order valence-corrected chi connectivity index (χ4v) is 2.33. The van der Waals surface area contributed by atoms with E-state index in [0.717, 1.165) is 16.9 Å². The molecule has 0 radical (unpaired) electrons. The Morgan fingerprint density at radius 1 is 1.25 bits per heavy atom. The number of halogens is 1. The van der Waals surface area contributed by atoms with Gasteiger partial charge in [-0.3, -0.25) is 0 Å². The van der Waals surface area contributed by atoms with Crippen molar-refractivity contribution in [1.29, 1.82) is 0 Å². The molecule has 2 aromatic rings. The molecule has 1 aliphatic heterocycles. The van der Waals surface area contributed by atoms with Crippen LogP contribution in [-0.4, -0.2) is 6.79 Å². The molecule has 1 heterocycles. The number of fused-ring (bicyclic) bond motifs is 1. The summed E-state index contributed by atoms with van der Waals surface area (Å²) in [7, 11) is 0. The van der Waals surface area contributed by atoms with Crippen LogP contribution in [0.1, 0.15) is 11.1 Å². The molecule has 0 unspecified atom stereocenters. The number of hydrogen-bond donors (Lipinski definition) is 1. The highest BCUT2D eigenvalue weighted by molar-refractivity contribution is 6.30. The van der Waals surface area contributed by atoms with E-state index in [2.05, 4.69) is 0 Å². The topological polar surface area (TPSA) is 53.7 Å². The van der Waals surface area contributed by atoms with Crippen molar-refractivity contribution in [2.75, 3.05) is 12.5 Å². The van der Waals surface area contributed by atoms with Crippen LogP contribution >= 0.6 is 11.6 Å². The molecule has 3 rings (SSSR count). The summed E-state index contributed by atoms with van der Waals surface area (Å²) >= 11 is 5.93. The Morgan fingerprint density at radius 2 is 2.15 bits per heavy atom. The number of nitrogen functional groups attached to an aromatic ring is 1. The minimum Gasteiger partial charge on any atom is -0.489 e. The van der Waals surface area contributed by atoms with Gasteiger partial charge in [-0.2, -0.15) is 0 Å². The Morgan fingerprint density at radius 3 is 3.00 bits per heavy atom. The lowest BCUT2D eigenvalue weighted by atomic mass is 10.1. The molecule has 0 saturated heterocycles. The molecule has 104 valence electrons. The van der Waals surface area contributed by atoms with Crippen molar-refractivity contribution in [2.24, 2.45) is 0 Å². The summed E-state index contributed by atoms with van der Waals surface area (Å²) in [6.45, 7) is 1.12. The zero-order chi connectivity index (χ0) is 13.9. The first kappa shape index (κ1) is 13.1. The second kappa shape index (κ2) is 5.61. The third kappa shape index (κ3) is 2.81. The summed E-state index contributed by atoms with van der Waals surface area (Å²) in [5.74, 6) is 1.51. The minimum atomic E-state index is 0.251. The SMILES string of the molecule is Nc1cc2c(c(COc3cccc(Cl)c3)c1)OCOC2. The van der Waals surface area contributed by atoms with Gasteiger partial charge in [-0.1, -0.05) is 17.7 Å². The van der Waals surface area contributed by atoms with Crippen LogP contribution in [0, 0.1) is 0 Å². The van der Waals surface area contributed by atoms with E-state index in [1.165, 1.54) is 0 Å². The van der Waals surface area contributed by atoms with E-state index in [0.29, 0.717) is 29.7 Å². The Balaban J connectivity index is 1.82. The molecule has 5 heteroatoms. The fourth-order valence-electron chi connectivity index (χ4n) is 2.15. The van der Waals surface area contributed by atoms with Gasteiger partial charge < -0.3 is 19.9 Å². The van der Waals surface area contributed by atoms with E-state index in [4.69, 9.17) is 31.5 Å². The van der Waals surface area contributed by atoms with Gasteiger partial charge in [0.25, 0.3) is 0 Å². The van der Waals surface area contributed by atoms with Gasteiger partial charge in [0, 0.05) is 21.8 Å². The lowest BCUT2D eigenvalue weighted by Crippen LogP contribution is -2.14. The molecule has 0 amide bonds. The van der Waals surface area contributed by atoms with Crippen LogP contribution < -0.4 is 15.2 Å². The zero-order valence-electron chi connectivity index (χ0n) is 10.8. The van der Waals surface area contributed by atoms with Crippen molar-refractivity contribution in [3.8, 4) is 11.5 Å². The minimum absolute atomic E-state index is 0.251. The fraction of sp³-hybridized carbons (Fsp3) is 0.200. The normalized spacial score (nSPS) is 13.4. The monoisotopic (exact) mass is 291 g/mol. The second-order valence-corrected chi connectivity index (χ2v) is 4.96. The van der Waals surface area contributed by atoms with Gasteiger partial charge in [-0.15, -0.1) is 0 Å². The lowest BCUT2D eigenvalue weighted by molar-refractivity contribution is -0.0175. The average molecular weight is 292 g/mol. The number of hydrogen-bond acceptors (Lipinski definition) is 4. The number of anilines is 1. The molecule has 0 fully saturated rings. The van der Waals surface area contributed by atoms with Crippen LogP contribution in [0.2, 0.25) is 5.02 Å². The molecule has 0 saturated carbocycles. The molecule has 1 aliphatic rings. The second-order valence-electron chi connectivity index (χ2n) is 4.52. The molecule has 0 atom stereocenters. The van der Waals surface area contributed by atoms with Gasteiger partial charge >= 0.3 is 0 Å². The van der Waals surface area contributed by atoms with Gasteiger partial charge in [0.2, 0.25) is 0 Å². The lowest BCUT2D eigenvalue weighted by Gasteiger charge is -2.21. The predicted octanol–water partition coefficient (Wildman–Crippen LogP) is 3.37. The van der Waals surface area contributed by atoms with Gasteiger partial charge in [-0.05, 0) is 30.3 Å². The number of benzene rings is 2. The molecular formula is C15H14ClNO3. The molecule has 2 aromatic carbocycles. The Hall–Kier alpha value is -1.91. The average Bonchev–Trinajstić information content (AvgIpc) is 2.44. The molecule has 0 bridgehead atoms. The number of nitrogens with two attached hydrogens (primary N) is 1. The van der Waals surface area contributed by atoms with Crippen LogP contribution in [0.15, 0.2) is 36.4 Å². The van der Waals surface area contributed by atoms with Crippen molar-refractivity contribution in [2.45, 2.75) is 13.2 Å². The van der Waals surface area contributed by atoms with Crippen molar-refractivity contribution < 1.29 is 14.2 Å². The maximum Gasteiger partial charge on any atom is 0.189 e. The van der Waals surface area contributed by atoms with Crippen molar-refractivity contribution in [1.82, 2.24) is 0 Å². The number of ether oxygens (including phenoxy) is 3. The van der Waals surface area contributed by atoms with E-state index < -0.39 is 0 Å². The molecule has 0 spiro atoms. The summed E-state index contributed by atoms with van der Waals surface area (Å²) in [6.07, 6.45) is 0. The highest BCUT2D eigenvalue weighted by Gasteiger charge is 2.16. The van der Waals surface area contributed by atoms with Gasteiger partial charge in [0.15, 0.2) is 6.79 Å². The van der Waals surface area contributed by atoms with Crippen LogP contribution in [0.3, 0.4) is 0 Å². The first-order chi connectivity index (χ1) is 9.72. The first-order valence-corrected chi connectivity index (χ1v) is 6.60. The van der Waals surface area contributed by atoms with Gasteiger partial charge in [-0.25, -0.2) is 0 Å². The van der Waals surface area contributed by atoms with E-state index in [-0.39, 0.29) is 6.79 Å². The summed E-state index contributed by atoms with van der Waals surface area (Å²) in [6, 6.07) is 11.0. The zero-order valence-corrected chi connectivity index (χ0v) is 11.5. The standard InChI is InChI=1S/C15H14ClNO3/c16-12-2-1-3-14(6-12)19-8-11-5-13(17)4-10-7-18-9-20-15(10)11/h1-6H,7-9,17H2. The molecule has 0 aromatic heterocycles. The van der Waals surface area contributed by atoms with Crippen LogP contribution in [0.5, 0.6) is 11.5 Å². The Labute approximate surface area is 122 Å². The van der Waals surface area contributed by atoms with Crippen LogP contribution in [0.25, 0.3) is 0 Å². The molecule has 0 aliphatic carbocycles. The summed E-state index contributed by atoms with van der Waals surface area (Å²) < 4.78 is 16.5. The van der Waals surface area contributed by atoms with Crippen LogP contribution in [0.4, 0.5) is 5.69 Å². The Bertz CT molecular complexity index is 631. The quantitative estimate of drug-likeness (QED) is 0.881. The van der Waals surface area contributed by atoms with Gasteiger partial charge in [0.05, 0.1) is 6.61 Å². The maximum absolute atomic E-state index is 5.93. The van der Waals surface area contributed by atoms with Crippen molar-refractivity contribution >= 4 is 17.3 Å². The third-order valence-electron chi connectivity index (χ3n) is 3.00. The Kier molecular flexibility index (Phi) is 3.67. The summed E-state index contributed by atoms with van der Waals surface area (Å²) in [4.78, 5) is 0. The largest absolute Gasteiger partial charge is 0.489 e. The van der Waals surface area contributed by atoms with Crippen molar-refractivity contribution in [3.05, 3.63) is 52.5 Å². The van der Waals surface area contributed by atoms with E-state index in [9.17, 15) is 0 Å². The van der Waals surface area contributed by atoms with E-state index in [1.807, 2.05) is 24.3 Å². The molecule has 4 nitrogen and oxygen atoms in total. The summed E-state index contributed by atoms with van der Waals surface area (Å²) in [5, 5.41) is 0.641. The first-order valence-electron chi connectivity index (χ1n) is 6.22. The molecule has 20 heavy (non-hydrogen) atoms. The highest BCUT2D eigenvalue weighted by Crippen LogP contribution is 2.31. The third-order valence-corrected chi connectivity index (χ3v) is 3.23. The highest BCUT2D eigenvalue weighted by atomic mass is 35.5. The molecule has 2 N–H and O–H groups in total. The van der Waals surface area contributed by atoms with E-state index >= 15 is 0 Å². The summed E-state index contributed by atoms with van der Waals surface area (Å²) in [5.41, 5.74) is 8.41. The van der Waals surface area contributed by atoms with Gasteiger partial charge in [0.1, 0.15) is 18.1 Å². The van der Waals surface area contributed by atoms with Crippen molar-refractivity contribution in [3.63, 3.8) is 0 Å². The molecular weight excluding hydrogens is 278 g/mol. The predicted molar refractivity (Wildman–Crippen MR) is 76.9 cm³/mol. The van der Waals surface area contributed by atoms with Crippen LogP contribution in [-0.2, 0) is 18.0 Å². The maximum atomic E-state index is 5.93. The number of rotatable bonds is 3. The van der Waals surface area contributed by atoms with E-state index in [1.54, 1.807) is 12.1 Å². The smallest absolute Gasteiger partial charge is 0.189 e.